The summed E-state index contributed by atoms with van der Waals surface area (Å²) in [6, 6.07) is 11.7. The van der Waals surface area contributed by atoms with Crippen molar-refractivity contribution in [1.82, 2.24) is 9.88 Å². The number of anilines is 2. The summed E-state index contributed by atoms with van der Waals surface area (Å²) >= 11 is 0. The number of amides is 3. The number of carbonyl (C=O) groups excluding carboxylic acids is 2. The van der Waals surface area contributed by atoms with E-state index in [1.165, 1.54) is 17.0 Å². The molecule has 4 rings (SSSR count). The molecule has 0 aliphatic carbocycles. The number of aromatic nitrogens is 1. The minimum atomic E-state index is -4.86. The lowest BCUT2D eigenvalue weighted by Crippen LogP contribution is -2.31. The van der Waals surface area contributed by atoms with Gasteiger partial charge in [0.25, 0.3) is 5.91 Å². The van der Waals surface area contributed by atoms with E-state index in [-0.39, 0.29) is 23.5 Å². The monoisotopic (exact) mass is 476 g/mol. The number of urea groups is 1. The Bertz CT molecular complexity index is 1180. The van der Waals surface area contributed by atoms with Crippen LogP contribution in [0.3, 0.4) is 0 Å². The molecular weight excluding hydrogens is 457 g/mol. The molecule has 1 fully saturated rings. The maximum Gasteiger partial charge on any atom is 0.573 e. The van der Waals surface area contributed by atoms with E-state index in [0.717, 1.165) is 23.9 Å². The second-order valence-electron chi connectivity index (χ2n) is 7.24. The number of hydrogen-bond donors (Lipinski definition) is 1. The Hall–Kier alpha value is -4.22. The third kappa shape index (κ3) is 5.39. The first-order valence-electron chi connectivity index (χ1n) is 10.0. The number of alkyl halides is 3. The number of oxazole rings is 1. The van der Waals surface area contributed by atoms with Crippen LogP contribution in [0.2, 0.25) is 0 Å². The van der Waals surface area contributed by atoms with Crippen LogP contribution in [-0.2, 0) is 6.54 Å². The number of carbonyl (C=O) groups is 2. The molecule has 0 atom stereocenters. The Morgan fingerprint density at radius 3 is 2.62 bits per heavy atom. The van der Waals surface area contributed by atoms with Crippen LogP contribution in [0.1, 0.15) is 16.1 Å². The van der Waals surface area contributed by atoms with E-state index in [0.29, 0.717) is 25.4 Å². The van der Waals surface area contributed by atoms with Crippen molar-refractivity contribution >= 4 is 23.6 Å². The molecule has 0 saturated carbocycles. The van der Waals surface area contributed by atoms with Gasteiger partial charge in [-0.15, -0.1) is 13.2 Å². The van der Waals surface area contributed by atoms with Gasteiger partial charge < -0.3 is 24.1 Å². The molecule has 3 amide bonds. The fourth-order valence-electron chi connectivity index (χ4n) is 3.32. The zero-order chi connectivity index (χ0) is 24.3. The standard InChI is InChI=1S/C22H19F3N4O5/c1-32-16-7-5-14(6-8-16)13-28-9-10-29(21(28)31)20-26-12-18(33-20)19(30)27-15-3-2-4-17(11-15)34-22(23,24)25/h2-8,11-12H,9-10,13H2,1H3,(H,27,30). The zero-order valence-electron chi connectivity index (χ0n) is 17.8. The fourth-order valence-corrected chi connectivity index (χ4v) is 3.32. The minimum absolute atomic E-state index is 0.0541. The van der Waals surface area contributed by atoms with E-state index in [9.17, 15) is 22.8 Å². The molecule has 0 unspecified atom stereocenters. The van der Waals surface area contributed by atoms with Gasteiger partial charge in [0.15, 0.2) is 0 Å². The molecule has 1 saturated heterocycles. The van der Waals surface area contributed by atoms with Crippen molar-refractivity contribution in [2.24, 2.45) is 0 Å². The first kappa shape index (κ1) is 23.0. The Morgan fingerprint density at radius 2 is 1.91 bits per heavy atom. The highest BCUT2D eigenvalue weighted by molar-refractivity contribution is 6.02. The van der Waals surface area contributed by atoms with E-state index in [4.69, 9.17) is 9.15 Å². The van der Waals surface area contributed by atoms with E-state index in [2.05, 4.69) is 15.0 Å². The van der Waals surface area contributed by atoms with Gasteiger partial charge in [-0.1, -0.05) is 18.2 Å². The van der Waals surface area contributed by atoms with Crippen molar-refractivity contribution in [3.63, 3.8) is 0 Å². The first-order valence-corrected chi connectivity index (χ1v) is 10.0. The molecule has 0 radical (unpaired) electrons. The van der Waals surface area contributed by atoms with Gasteiger partial charge >= 0.3 is 18.4 Å². The number of benzene rings is 2. The number of nitrogens with zero attached hydrogens (tertiary/aromatic N) is 3. The summed E-state index contributed by atoms with van der Waals surface area (Å²) in [6.45, 7) is 1.12. The predicted molar refractivity (Wildman–Crippen MR) is 114 cm³/mol. The largest absolute Gasteiger partial charge is 0.573 e. The Kier molecular flexibility index (Phi) is 6.30. The summed E-state index contributed by atoms with van der Waals surface area (Å²) in [5.41, 5.74) is 0.979. The summed E-state index contributed by atoms with van der Waals surface area (Å²) in [5.74, 6) is -0.727. The van der Waals surface area contributed by atoms with Gasteiger partial charge in [-0.05, 0) is 29.8 Å². The van der Waals surface area contributed by atoms with Crippen LogP contribution in [0.5, 0.6) is 11.5 Å². The average molecular weight is 476 g/mol. The van der Waals surface area contributed by atoms with Crippen molar-refractivity contribution in [1.29, 1.82) is 0 Å². The van der Waals surface area contributed by atoms with Crippen LogP contribution in [0.15, 0.2) is 59.1 Å². The fraction of sp³-hybridized carbons (Fsp3) is 0.227. The van der Waals surface area contributed by atoms with Crippen LogP contribution >= 0.6 is 0 Å². The second kappa shape index (κ2) is 9.33. The van der Waals surface area contributed by atoms with E-state index >= 15 is 0 Å². The average Bonchev–Trinajstić information content (AvgIpc) is 3.41. The molecule has 0 bridgehead atoms. The number of nitrogens with one attached hydrogen (secondary N) is 1. The van der Waals surface area contributed by atoms with Gasteiger partial charge in [-0.25, -0.2) is 14.7 Å². The predicted octanol–water partition coefficient (Wildman–Crippen LogP) is 4.28. The number of methoxy groups -OCH3 is 1. The second-order valence-corrected chi connectivity index (χ2v) is 7.24. The van der Waals surface area contributed by atoms with Crippen molar-refractivity contribution in [3.8, 4) is 11.5 Å². The molecule has 178 valence electrons. The third-order valence-corrected chi connectivity index (χ3v) is 4.90. The lowest BCUT2D eigenvalue weighted by atomic mass is 10.2. The van der Waals surface area contributed by atoms with Crippen LogP contribution < -0.4 is 19.7 Å². The first-order chi connectivity index (χ1) is 16.2. The molecule has 1 N–H and O–H groups in total. The molecule has 3 aromatic rings. The highest BCUT2D eigenvalue weighted by atomic mass is 19.4. The lowest BCUT2D eigenvalue weighted by molar-refractivity contribution is -0.274. The van der Waals surface area contributed by atoms with E-state index in [1.807, 2.05) is 12.1 Å². The summed E-state index contributed by atoms with van der Waals surface area (Å²) < 4.78 is 51.6. The van der Waals surface area contributed by atoms with Gasteiger partial charge in [-0.3, -0.25) is 4.79 Å². The maximum atomic E-state index is 12.8. The zero-order valence-corrected chi connectivity index (χ0v) is 17.8. The summed E-state index contributed by atoms with van der Waals surface area (Å²) in [7, 11) is 1.57. The topological polar surface area (TPSA) is 97.1 Å². The Morgan fingerprint density at radius 1 is 1.15 bits per heavy atom. The molecule has 2 aromatic carbocycles. The SMILES string of the molecule is COc1ccc(CN2CCN(c3ncc(C(=O)Nc4cccc(OC(F)(F)F)c4)o3)C2=O)cc1. The van der Waals surface area contributed by atoms with Crippen molar-refractivity contribution in [2.75, 3.05) is 30.4 Å². The molecule has 1 aromatic heterocycles. The number of hydrogen-bond acceptors (Lipinski definition) is 6. The van der Waals surface area contributed by atoms with Gasteiger partial charge in [0, 0.05) is 31.4 Å². The quantitative estimate of drug-likeness (QED) is 0.547. The highest BCUT2D eigenvalue weighted by Gasteiger charge is 2.33. The van der Waals surface area contributed by atoms with Gasteiger partial charge in [0.1, 0.15) is 11.5 Å². The molecule has 1 aliphatic rings. The molecular formula is C22H19F3N4O5. The van der Waals surface area contributed by atoms with Crippen LogP contribution in [0.4, 0.5) is 29.7 Å². The van der Waals surface area contributed by atoms with Crippen LogP contribution in [0, 0.1) is 0 Å². The van der Waals surface area contributed by atoms with Crippen molar-refractivity contribution in [3.05, 3.63) is 66.1 Å². The third-order valence-electron chi connectivity index (χ3n) is 4.90. The van der Waals surface area contributed by atoms with Crippen molar-refractivity contribution in [2.45, 2.75) is 12.9 Å². The maximum absolute atomic E-state index is 12.8. The van der Waals surface area contributed by atoms with Gasteiger partial charge in [0.05, 0.1) is 13.3 Å². The normalized spacial score (nSPS) is 13.8. The minimum Gasteiger partial charge on any atom is -0.497 e. The van der Waals surface area contributed by atoms with Gasteiger partial charge in [-0.2, -0.15) is 0 Å². The summed E-state index contributed by atoms with van der Waals surface area (Å²) in [4.78, 5) is 32.1. The Labute approximate surface area is 191 Å². The molecule has 34 heavy (non-hydrogen) atoms. The van der Waals surface area contributed by atoms with E-state index in [1.54, 1.807) is 24.1 Å². The molecule has 9 nitrogen and oxygen atoms in total. The lowest BCUT2D eigenvalue weighted by Gasteiger charge is -2.16. The number of rotatable bonds is 7. The molecule has 2 heterocycles. The molecule has 1 aliphatic heterocycles. The van der Waals surface area contributed by atoms with Crippen LogP contribution in [-0.4, -0.2) is 48.4 Å². The summed E-state index contributed by atoms with van der Waals surface area (Å²) in [6.07, 6.45) is -3.72. The highest BCUT2D eigenvalue weighted by Crippen LogP contribution is 2.26. The van der Waals surface area contributed by atoms with Crippen LogP contribution in [0.25, 0.3) is 0 Å². The summed E-state index contributed by atoms with van der Waals surface area (Å²) in [5, 5.41) is 2.41. The smallest absolute Gasteiger partial charge is 0.497 e. The molecule has 0 spiro atoms. The number of halogens is 3. The number of ether oxygens (including phenoxy) is 2. The van der Waals surface area contributed by atoms with E-state index < -0.39 is 18.0 Å². The van der Waals surface area contributed by atoms with Gasteiger partial charge in [0.2, 0.25) is 5.76 Å². The molecule has 12 heteroatoms. The Balaban J connectivity index is 1.38. The van der Waals surface area contributed by atoms with Crippen molar-refractivity contribution < 1.29 is 36.7 Å².